The third-order valence-corrected chi connectivity index (χ3v) is 5.79. The molecule has 3 heterocycles. The average Bonchev–Trinajstić information content (AvgIpc) is 3.13. The van der Waals surface area contributed by atoms with Gasteiger partial charge in [0.25, 0.3) is 0 Å². The van der Waals surface area contributed by atoms with E-state index in [0.717, 1.165) is 55.6 Å². The van der Waals surface area contributed by atoms with E-state index in [-0.39, 0.29) is 11.8 Å². The number of oxazole rings is 1. The molecule has 2 fully saturated rings. The second-order valence-corrected chi connectivity index (χ2v) is 7.71. The molecule has 5 rings (SSSR count). The Balaban J connectivity index is 1.26. The number of nitrogens with zero attached hydrogens (tertiary/aromatic N) is 4. The van der Waals surface area contributed by atoms with Gasteiger partial charge in [0.15, 0.2) is 17.5 Å². The number of nitrogens with one attached hydrogen (secondary N) is 1. The summed E-state index contributed by atoms with van der Waals surface area (Å²) in [6.07, 6.45) is 3.49. The fourth-order valence-electron chi connectivity index (χ4n) is 4.03. The molecule has 1 aliphatic carbocycles. The van der Waals surface area contributed by atoms with Gasteiger partial charge in [0, 0.05) is 42.9 Å². The van der Waals surface area contributed by atoms with Gasteiger partial charge in [-0.1, -0.05) is 0 Å². The zero-order valence-electron chi connectivity index (χ0n) is 16.3. The highest BCUT2D eigenvalue weighted by Gasteiger charge is 2.38. The number of carbonyl (C=O) groups excluding carboxylic acids is 1. The maximum Gasteiger partial charge on any atom is 0.228 e. The van der Waals surface area contributed by atoms with E-state index in [9.17, 15) is 4.79 Å². The molecule has 0 unspecified atom stereocenters. The van der Waals surface area contributed by atoms with Crippen molar-refractivity contribution < 1.29 is 13.9 Å². The summed E-state index contributed by atoms with van der Waals surface area (Å²) in [5.41, 5.74) is 1.68. The Morgan fingerprint density at radius 3 is 2.76 bits per heavy atom. The number of hydrogen-bond acceptors (Lipinski definition) is 7. The largest absolute Gasteiger partial charge is 0.441 e. The average molecular weight is 393 g/mol. The Bertz CT molecular complexity index is 1040. The van der Waals surface area contributed by atoms with Crippen molar-refractivity contribution in [2.75, 3.05) is 31.6 Å². The van der Waals surface area contributed by atoms with Crippen LogP contribution >= 0.6 is 0 Å². The molecule has 1 amide bonds. The highest BCUT2D eigenvalue weighted by atomic mass is 16.5. The molecule has 1 saturated carbocycles. The first kappa shape index (κ1) is 18.2. The zero-order valence-corrected chi connectivity index (χ0v) is 16.3. The second kappa shape index (κ2) is 7.53. The first-order valence-corrected chi connectivity index (χ1v) is 9.99. The lowest BCUT2D eigenvalue weighted by atomic mass is 9.78. The number of ether oxygens (including phenoxy) is 1. The molecular formula is C21H23N5O3. The van der Waals surface area contributed by atoms with Gasteiger partial charge in [0.1, 0.15) is 0 Å². The van der Waals surface area contributed by atoms with Crippen LogP contribution in [-0.4, -0.2) is 58.3 Å². The van der Waals surface area contributed by atoms with Crippen LogP contribution in [-0.2, 0) is 9.53 Å². The number of hydrogen-bond donors (Lipinski definition) is 1. The van der Waals surface area contributed by atoms with Gasteiger partial charge in [-0.2, -0.15) is 0 Å². The lowest BCUT2D eigenvalue weighted by molar-refractivity contribution is -0.125. The Morgan fingerprint density at radius 2 is 2.00 bits per heavy atom. The molecule has 29 heavy (non-hydrogen) atoms. The maximum absolute atomic E-state index is 12.6. The lowest BCUT2D eigenvalue weighted by Crippen LogP contribution is -2.52. The predicted molar refractivity (Wildman–Crippen MR) is 107 cm³/mol. The molecule has 0 radical (unpaired) electrons. The summed E-state index contributed by atoms with van der Waals surface area (Å²) in [5.74, 6) is 1.85. The zero-order chi connectivity index (χ0) is 19.8. The van der Waals surface area contributed by atoms with Crippen molar-refractivity contribution in [2.24, 2.45) is 5.92 Å². The molecular weight excluding hydrogens is 370 g/mol. The van der Waals surface area contributed by atoms with Crippen LogP contribution in [0.3, 0.4) is 0 Å². The minimum atomic E-state index is 0.0187. The summed E-state index contributed by atoms with van der Waals surface area (Å²) in [7, 11) is 0. The quantitative estimate of drug-likeness (QED) is 0.728. The fraction of sp³-hybridized carbons (Fsp3) is 0.429. The number of benzene rings is 1. The smallest absolute Gasteiger partial charge is 0.228 e. The summed E-state index contributed by atoms with van der Waals surface area (Å²) in [5, 5.41) is 12.2. The molecule has 1 N–H and O–H groups in total. The van der Waals surface area contributed by atoms with Crippen LogP contribution in [0.2, 0.25) is 0 Å². The molecule has 1 aliphatic heterocycles. The van der Waals surface area contributed by atoms with E-state index in [1.807, 2.05) is 31.2 Å². The van der Waals surface area contributed by atoms with Gasteiger partial charge in [-0.3, -0.25) is 9.69 Å². The summed E-state index contributed by atoms with van der Waals surface area (Å²) in [6.45, 7) is 5.31. The van der Waals surface area contributed by atoms with Gasteiger partial charge in [-0.25, -0.2) is 4.98 Å². The molecule has 150 valence electrons. The lowest BCUT2D eigenvalue weighted by Gasteiger charge is -2.43. The normalized spacial score (nSPS) is 22.4. The Morgan fingerprint density at radius 1 is 1.17 bits per heavy atom. The molecule has 0 spiro atoms. The molecule has 1 aromatic carbocycles. The SMILES string of the molecule is Cc1ncc(-c2ccc3nnc(NC(=O)C4CC(N5CCOCC5)C4)cc3c2)o1. The van der Waals surface area contributed by atoms with Crippen LogP contribution in [0.25, 0.3) is 22.2 Å². The first-order chi connectivity index (χ1) is 14.2. The molecule has 2 aromatic heterocycles. The number of fused-ring (bicyclic) bond motifs is 1. The standard InChI is InChI=1S/C21H23N5O3/c1-13-22-12-19(29-13)14-2-3-18-15(8-14)11-20(25-24-18)23-21(27)16-9-17(10-16)26-4-6-28-7-5-26/h2-3,8,11-12,16-17H,4-7,9-10H2,1H3,(H,23,25,27). The molecule has 3 aromatic rings. The summed E-state index contributed by atoms with van der Waals surface area (Å²) in [4.78, 5) is 19.2. The van der Waals surface area contributed by atoms with Crippen molar-refractivity contribution in [2.45, 2.75) is 25.8 Å². The van der Waals surface area contributed by atoms with Crippen LogP contribution in [0, 0.1) is 12.8 Å². The third-order valence-electron chi connectivity index (χ3n) is 5.79. The van der Waals surface area contributed by atoms with E-state index in [4.69, 9.17) is 9.15 Å². The van der Waals surface area contributed by atoms with Gasteiger partial charge in [0.2, 0.25) is 5.91 Å². The number of aryl methyl sites for hydroxylation is 1. The Hall–Kier alpha value is -2.84. The van der Waals surface area contributed by atoms with Crippen molar-refractivity contribution in [3.63, 3.8) is 0 Å². The Kier molecular flexibility index (Phi) is 4.73. The molecule has 8 nitrogen and oxygen atoms in total. The van der Waals surface area contributed by atoms with Crippen LogP contribution in [0.1, 0.15) is 18.7 Å². The van der Waals surface area contributed by atoms with Crippen LogP contribution in [0.4, 0.5) is 5.82 Å². The number of carbonyl (C=O) groups is 1. The van der Waals surface area contributed by atoms with E-state index in [0.29, 0.717) is 23.5 Å². The number of aromatic nitrogens is 3. The van der Waals surface area contributed by atoms with Crippen molar-refractivity contribution in [3.05, 3.63) is 36.4 Å². The maximum atomic E-state index is 12.6. The van der Waals surface area contributed by atoms with Gasteiger partial charge in [0.05, 0.1) is 24.9 Å². The van der Waals surface area contributed by atoms with Gasteiger partial charge in [-0.15, -0.1) is 10.2 Å². The van der Waals surface area contributed by atoms with E-state index in [2.05, 4.69) is 25.4 Å². The Labute approximate surface area is 168 Å². The molecule has 0 atom stereocenters. The highest BCUT2D eigenvalue weighted by Crippen LogP contribution is 2.33. The molecule has 8 heteroatoms. The molecule has 2 aliphatic rings. The first-order valence-electron chi connectivity index (χ1n) is 9.99. The van der Waals surface area contributed by atoms with Gasteiger partial charge in [-0.05, 0) is 37.1 Å². The summed E-state index contributed by atoms with van der Waals surface area (Å²) in [6, 6.07) is 8.13. The van der Waals surface area contributed by atoms with Gasteiger partial charge < -0.3 is 14.5 Å². The van der Waals surface area contributed by atoms with Crippen molar-refractivity contribution in [3.8, 4) is 11.3 Å². The van der Waals surface area contributed by atoms with Crippen molar-refractivity contribution >= 4 is 22.6 Å². The number of amides is 1. The van der Waals surface area contributed by atoms with Crippen molar-refractivity contribution in [1.29, 1.82) is 0 Å². The van der Waals surface area contributed by atoms with E-state index >= 15 is 0 Å². The van der Waals surface area contributed by atoms with Crippen molar-refractivity contribution in [1.82, 2.24) is 20.1 Å². The number of anilines is 1. The number of morpholine rings is 1. The van der Waals surface area contributed by atoms with Gasteiger partial charge >= 0.3 is 0 Å². The topological polar surface area (TPSA) is 93.4 Å². The van der Waals surface area contributed by atoms with E-state index < -0.39 is 0 Å². The van der Waals surface area contributed by atoms with Crippen LogP contribution < -0.4 is 5.32 Å². The molecule has 1 saturated heterocycles. The highest BCUT2D eigenvalue weighted by molar-refractivity contribution is 5.94. The van der Waals surface area contributed by atoms with E-state index in [1.165, 1.54) is 0 Å². The summed E-state index contributed by atoms with van der Waals surface area (Å²) >= 11 is 0. The monoisotopic (exact) mass is 393 g/mol. The van der Waals surface area contributed by atoms with Crippen LogP contribution in [0.15, 0.2) is 34.9 Å². The second-order valence-electron chi connectivity index (χ2n) is 7.71. The summed E-state index contributed by atoms with van der Waals surface area (Å²) < 4.78 is 11.0. The van der Waals surface area contributed by atoms with E-state index in [1.54, 1.807) is 6.20 Å². The molecule has 0 bridgehead atoms. The third kappa shape index (κ3) is 3.73. The minimum absolute atomic E-state index is 0.0187. The van der Waals surface area contributed by atoms with Crippen LogP contribution in [0.5, 0.6) is 0 Å². The number of rotatable bonds is 4. The minimum Gasteiger partial charge on any atom is -0.441 e. The predicted octanol–water partition coefficient (Wildman–Crippen LogP) is 2.64. The fourth-order valence-corrected chi connectivity index (χ4v) is 4.03.